The molecule has 0 heterocycles. The zero-order valence-corrected chi connectivity index (χ0v) is 14.9. The molecule has 0 spiro atoms. The van der Waals surface area contributed by atoms with Gasteiger partial charge in [-0.05, 0) is 47.6 Å². The first-order valence-electron chi connectivity index (χ1n) is 8.62. The smallest absolute Gasteiger partial charge is 0.187 e. The Balaban J connectivity index is 0.000000236. The third kappa shape index (κ3) is 4.43. The first-order valence-corrected chi connectivity index (χ1v) is 8.62. The summed E-state index contributed by atoms with van der Waals surface area (Å²) in [6.45, 7) is 0. The number of hydrogen-bond donors (Lipinski definition) is 0. The highest BCUT2D eigenvalue weighted by Crippen LogP contribution is 2.31. The van der Waals surface area contributed by atoms with E-state index in [-0.39, 0.29) is 23.1 Å². The van der Waals surface area contributed by atoms with E-state index in [0.29, 0.717) is 11.1 Å². The van der Waals surface area contributed by atoms with E-state index in [1.54, 1.807) is 0 Å². The molecule has 2 aliphatic carbocycles. The second-order valence-electron chi connectivity index (χ2n) is 6.02. The normalized spacial score (nSPS) is 15.6. The molecular weight excluding hydrogens is 352 g/mol. The molecule has 0 bridgehead atoms. The van der Waals surface area contributed by atoms with Gasteiger partial charge in [0.1, 0.15) is 0 Å². The lowest BCUT2D eigenvalue weighted by Crippen LogP contribution is -2.13. The fraction of sp³-hybridized carbons (Fsp3) is 0. The van der Waals surface area contributed by atoms with E-state index in [9.17, 15) is 19.2 Å². The minimum absolute atomic E-state index is 0.121. The number of hydrogen-bond acceptors (Lipinski definition) is 4. The van der Waals surface area contributed by atoms with Crippen LogP contribution in [0.15, 0.2) is 97.1 Å². The predicted molar refractivity (Wildman–Crippen MR) is 107 cm³/mol. The van der Waals surface area contributed by atoms with Crippen molar-refractivity contribution in [1.29, 1.82) is 0 Å². The molecule has 0 aromatic heterocycles. The van der Waals surface area contributed by atoms with Crippen LogP contribution in [0.1, 0.15) is 11.1 Å². The number of ketones is 4. The van der Waals surface area contributed by atoms with Gasteiger partial charge in [-0.2, -0.15) is 0 Å². The maximum Gasteiger partial charge on any atom is 0.187 e. The van der Waals surface area contributed by atoms with Crippen molar-refractivity contribution in [3.8, 4) is 0 Å². The van der Waals surface area contributed by atoms with E-state index in [1.807, 2.05) is 60.7 Å². The van der Waals surface area contributed by atoms with E-state index in [1.165, 1.54) is 36.5 Å². The third-order valence-corrected chi connectivity index (χ3v) is 4.08. The summed E-state index contributed by atoms with van der Waals surface area (Å²) < 4.78 is 0. The number of allylic oxidation sites excluding steroid dienone is 8. The molecule has 136 valence electrons. The molecule has 0 aliphatic heterocycles. The van der Waals surface area contributed by atoms with Crippen LogP contribution in [0.25, 0.3) is 11.1 Å². The van der Waals surface area contributed by atoms with Crippen LogP contribution in [0.4, 0.5) is 0 Å². The zero-order chi connectivity index (χ0) is 19.9. The highest BCUT2D eigenvalue weighted by atomic mass is 16.1. The first-order chi connectivity index (χ1) is 13.6. The van der Waals surface area contributed by atoms with Crippen molar-refractivity contribution in [2.45, 2.75) is 0 Å². The monoisotopic (exact) mass is 368 g/mol. The lowest BCUT2D eigenvalue weighted by molar-refractivity contribution is -0.113. The van der Waals surface area contributed by atoms with E-state index in [2.05, 4.69) is 0 Å². The largest absolute Gasteiger partial charge is 0.290 e. The topological polar surface area (TPSA) is 68.3 Å². The standard InChI is InChI=1S/C18H12O2.C6H4O2/c19-15-11-12-16(20)18(14-9-5-2-6-10-14)17(15)13-7-3-1-4-8-13;7-5-1-2-6(8)4-3-5/h1-12H;1-4H. The molecule has 2 aromatic rings. The maximum absolute atomic E-state index is 12.2. The van der Waals surface area contributed by atoms with E-state index >= 15 is 0 Å². The van der Waals surface area contributed by atoms with E-state index in [4.69, 9.17) is 0 Å². The number of carbonyl (C=O) groups is 4. The molecule has 0 unspecified atom stereocenters. The van der Waals surface area contributed by atoms with E-state index in [0.717, 1.165) is 11.1 Å². The van der Waals surface area contributed by atoms with Gasteiger partial charge in [0.15, 0.2) is 23.1 Å². The van der Waals surface area contributed by atoms with Crippen molar-refractivity contribution in [2.24, 2.45) is 0 Å². The van der Waals surface area contributed by atoms with Crippen LogP contribution >= 0.6 is 0 Å². The van der Waals surface area contributed by atoms with Gasteiger partial charge in [-0.25, -0.2) is 0 Å². The molecule has 0 saturated carbocycles. The minimum Gasteiger partial charge on any atom is -0.290 e. The number of rotatable bonds is 2. The minimum atomic E-state index is -0.130. The molecule has 2 aromatic carbocycles. The molecule has 0 amide bonds. The number of carbonyl (C=O) groups excluding carboxylic acids is 4. The lowest BCUT2D eigenvalue weighted by atomic mass is 9.86. The molecule has 4 rings (SSSR count). The van der Waals surface area contributed by atoms with Crippen LogP contribution in [0, 0.1) is 0 Å². The average Bonchev–Trinajstić information content (AvgIpc) is 2.73. The van der Waals surface area contributed by atoms with Gasteiger partial charge in [-0.1, -0.05) is 60.7 Å². The Kier molecular flexibility index (Phi) is 5.82. The molecule has 0 fully saturated rings. The van der Waals surface area contributed by atoms with Crippen molar-refractivity contribution < 1.29 is 19.2 Å². The summed E-state index contributed by atoms with van der Waals surface area (Å²) in [5.41, 5.74) is 2.50. The fourth-order valence-electron chi connectivity index (χ4n) is 2.79. The zero-order valence-electron chi connectivity index (χ0n) is 14.9. The summed E-state index contributed by atoms with van der Waals surface area (Å²) in [7, 11) is 0. The van der Waals surface area contributed by atoms with Gasteiger partial charge in [0.05, 0.1) is 0 Å². The molecule has 4 nitrogen and oxygen atoms in total. The first kappa shape index (κ1) is 18.9. The van der Waals surface area contributed by atoms with Crippen LogP contribution in [0.3, 0.4) is 0 Å². The third-order valence-electron chi connectivity index (χ3n) is 4.08. The second kappa shape index (κ2) is 8.64. The molecule has 0 N–H and O–H groups in total. The lowest BCUT2D eigenvalue weighted by Gasteiger charge is -2.15. The van der Waals surface area contributed by atoms with Crippen LogP contribution in [-0.4, -0.2) is 23.1 Å². The van der Waals surface area contributed by atoms with Gasteiger partial charge in [0, 0.05) is 11.1 Å². The Morgan fingerprint density at radius 1 is 0.393 bits per heavy atom. The Hall–Kier alpha value is -3.92. The summed E-state index contributed by atoms with van der Waals surface area (Å²) >= 11 is 0. The van der Waals surface area contributed by atoms with Crippen LogP contribution in [-0.2, 0) is 19.2 Å². The van der Waals surface area contributed by atoms with Gasteiger partial charge in [-0.15, -0.1) is 0 Å². The quantitative estimate of drug-likeness (QED) is 0.760. The summed E-state index contributed by atoms with van der Waals surface area (Å²) in [6.07, 6.45) is 7.70. The van der Waals surface area contributed by atoms with Crippen molar-refractivity contribution in [1.82, 2.24) is 0 Å². The fourth-order valence-corrected chi connectivity index (χ4v) is 2.79. The van der Waals surface area contributed by atoms with Crippen LogP contribution in [0.2, 0.25) is 0 Å². The summed E-state index contributed by atoms with van der Waals surface area (Å²) in [6, 6.07) is 18.6. The predicted octanol–water partition coefficient (Wildman–Crippen LogP) is 3.56. The molecule has 2 aliphatic rings. The Bertz CT molecular complexity index is 951. The summed E-state index contributed by atoms with van der Waals surface area (Å²) in [4.78, 5) is 45.0. The van der Waals surface area contributed by atoms with Crippen molar-refractivity contribution in [3.05, 3.63) is 108 Å². The van der Waals surface area contributed by atoms with Crippen molar-refractivity contribution in [2.75, 3.05) is 0 Å². The maximum atomic E-state index is 12.2. The second-order valence-corrected chi connectivity index (χ2v) is 6.02. The van der Waals surface area contributed by atoms with Gasteiger partial charge in [-0.3, -0.25) is 19.2 Å². The van der Waals surface area contributed by atoms with Gasteiger partial charge in [0.2, 0.25) is 0 Å². The van der Waals surface area contributed by atoms with Crippen molar-refractivity contribution in [3.63, 3.8) is 0 Å². The average molecular weight is 368 g/mol. The van der Waals surface area contributed by atoms with E-state index < -0.39 is 0 Å². The van der Waals surface area contributed by atoms with Crippen LogP contribution in [0.5, 0.6) is 0 Å². The Labute approximate surface area is 162 Å². The SMILES string of the molecule is O=C1C=CC(=O)C(c2ccccc2)=C1c1ccccc1.O=C1C=CC(=O)C=C1. The summed E-state index contributed by atoms with van der Waals surface area (Å²) in [5.74, 6) is -0.501. The molecule has 4 heteroatoms. The highest BCUT2D eigenvalue weighted by molar-refractivity contribution is 6.48. The van der Waals surface area contributed by atoms with Gasteiger partial charge >= 0.3 is 0 Å². The summed E-state index contributed by atoms with van der Waals surface area (Å²) in [5, 5.41) is 0. The molecule has 0 radical (unpaired) electrons. The Morgan fingerprint density at radius 3 is 1.04 bits per heavy atom. The molecule has 28 heavy (non-hydrogen) atoms. The van der Waals surface area contributed by atoms with Crippen LogP contribution < -0.4 is 0 Å². The molecule has 0 atom stereocenters. The molecular formula is C24H16O4. The van der Waals surface area contributed by atoms with Crippen molar-refractivity contribution >= 4 is 34.3 Å². The molecule has 0 saturated heterocycles. The Morgan fingerprint density at radius 2 is 0.714 bits per heavy atom. The van der Waals surface area contributed by atoms with Gasteiger partial charge < -0.3 is 0 Å². The van der Waals surface area contributed by atoms with Gasteiger partial charge in [0.25, 0.3) is 0 Å². The number of benzene rings is 2. The highest BCUT2D eigenvalue weighted by Gasteiger charge is 2.24.